The summed E-state index contributed by atoms with van der Waals surface area (Å²) in [5.74, 6) is 0.118. The maximum Gasteiger partial charge on any atom is 0.242 e. The Morgan fingerprint density at radius 2 is 2.12 bits per heavy atom. The van der Waals surface area contributed by atoms with Gasteiger partial charge in [0.05, 0.1) is 24.8 Å². The highest BCUT2D eigenvalue weighted by Gasteiger charge is 2.17. The third-order valence-corrected chi connectivity index (χ3v) is 2.97. The van der Waals surface area contributed by atoms with E-state index in [0.717, 1.165) is 25.9 Å². The van der Waals surface area contributed by atoms with Gasteiger partial charge in [0.25, 0.3) is 0 Å². The minimum Gasteiger partial charge on any atom is -0.390 e. The standard InChI is InChI=1S/C11H17N3O2/c15-8-10-6-12-9-14(10)7-11(16)13-4-2-1-3-5-13/h6,9,15H,1-5,7-8H2. The van der Waals surface area contributed by atoms with Gasteiger partial charge in [-0.05, 0) is 19.3 Å². The summed E-state index contributed by atoms with van der Waals surface area (Å²) in [5, 5.41) is 9.04. The molecule has 0 radical (unpaired) electrons. The van der Waals surface area contributed by atoms with E-state index in [9.17, 15) is 4.79 Å². The van der Waals surface area contributed by atoms with Crippen LogP contribution in [0.15, 0.2) is 12.5 Å². The Morgan fingerprint density at radius 1 is 1.38 bits per heavy atom. The Kier molecular flexibility index (Phi) is 3.56. The fourth-order valence-corrected chi connectivity index (χ4v) is 2.01. The zero-order valence-electron chi connectivity index (χ0n) is 9.30. The number of hydrogen-bond acceptors (Lipinski definition) is 3. The molecule has 2 rings (SSSR count). The molecule has 1 N–H and O–H groups in total. The van der Waals surface area contributed by atoms with Crippen LogP contribution in [0.3, 0.4) is 0 Å². The van der Waals surface area contributed by atoms with Crippen molar-refractivity contribution in [3.05, 3.63) is 18.2 Å². The van der Waals surface area contributed by atoms with E-state index >= 15 is 0 Å². The highest BCUT2D eigenvalue weighted by atomic mass is 16.3. The van der Waals surface area contributed by atoms with Gasteiger partial charge in [-0.2, -0.15) is 0 Å². The fraction of sp³-hybridized carbons (Fsp3) is 0.636. The first-order valence-corrected chi connectivity index (χ1v) is 5.69. The average molecular weight is 223 g/mol. The van der Waals surface area contributed by atoms with Crippen LogP contribution in [-0.4, -0.2) is 38.6 Å². The minimum absolute atomic E-state index is 0.0761. The van der Waals surface area contributed by atoms with Crippen LogP contribution in [-0.2, 0) is 17.9 Å². The number of likely N-dealkylation sites (tertiary alicyclic amines) is 1. The Morgan fingerprint density at radius 3 is 2.81 bits per heavy atom. The molecule has 0 bridgehead atoms. The van der Waals surface area contributed by atoms with Gasteiger partial charge in [0.2, 0.25) is 5.91 Å². The maximum absolute atomic E-state index is 11.9. The first-order chi connectivity index (χ1) is 7.81. The van der Waals surface area contributed by atoms with Crippen molar-refractivity contribution in [2.24, 2.45) is 0 Å². The number of rotatable bonds is 3. The summed E-state index contributed by atoms with van der Waals surface area (Å²) < 4.78 is 1.71. The molecule has 5 heteroatoms. The molecule has 1 aliphatic heterocycles. The van der Waals surface area contributed by atoms with E-state index in [1.807, 2.05) is 4.90 Å². The number of amides is 1. The molecule has 0 spiro atoms. The van der Waals surface area contributed by atoms with Crippen LogP contribution < -0.4 is 0 Å². The van der Waals surface area contributed by atoms with E-state index in [4.69, 9.17) is 5.11 Å². The zero-order valence-corrected chi connectivity index (χ0v) is 9.30. The lowest BCUT2D eigenvalue weighted by atomic mass is 10.1. The topological polar surface area (TPSA) is 58.4 Å². The molecule has 0 aliphatic carbocycles. The minimum atomic E-state index is -0.0761. The molecule has 1 aromatic rings. The van der Waals surface area contributed by atoms with Crippen molar-refractivity contribution in [1.29, 1.82) is 0 Å². The summed E-state index contributed by atoms with van der Waals surface area (Å²) in [5.41, 5.74) is 0.686. The SMILES string of the molecule is O=C(Cn1cncc1CO)N1CCCCC1. The molecular weight excluding hydrogens is 206 g/mol. The highest BCUT2D eigenvalue weighted by molar-refractivity contribution is 5.76. The van der Waals surface area contributed by atoms with E-state index in [-0.39, 0.29) is 19.1 Å². The molecule has 1 aromatic heterocycles. The van der Waals surface area contributed by atoms with Gasteiger partial charge in [-0.15, -0.1) is 0 Å². The van der Waals surface area contributed by atoms with E-state index in [0.29, 0.717) is 5.69 Å². The number of aliphatic hydroxyl groups is 1. The van der Waals surface area contributed by atoms with Gasteiger partial charge in [0.1, 0.15) is 6.54 Å². The Bertz CT molecular complexity index is 356. The zero-order chi connectivity index (χ0) is 11.4. The van der Waals surface area contributed by atoms with Gasteiger partial charge in [-0.1, -0.05) is 0 Å². The molecule has 0 atom stereocenters. The van der Waals surface area contributed by atoms with Crippen molar-refractivity contribution in [2.45, 2.75) is 32.4 Å². The normalized spacial score (nSPS) is 16.4. The summed E-state index contributed by atoms with van der Waals surface area (Å²) in [6, 6.07) is 0. The summed E-state index contributed by atoms with van der Waals surface area (Å²) >= 11 is 0. The third-order valence-electron chi connectivity index (χ3n) is 2.97. The third kappa shape index (κ3) is 2.41. The van der Waals surface area contributed by atoms with Crippen LogP contribution >= 0.6 is 0 Å². The summed E-state index contributed by atoms with van der Waals surface area (Å²) in [4.78, 5) is 17.7. The van der Waals surface area contributed by atoms with Gasteiger partial charge >= 0.3 is 0 Å². The molecule has 1 aliphatic rings. The van der Waals surface area contributed by atoms with Gasteiger partial charge in [-0.3, -0.25) is 4.79 Å². The monoisotopic (exact) mass is 223 g/mol. The van der Waals surface area contributed by atoms with Crippen LogP contribution in [0.5, 0.6) is 0 Å². The molecule has 1 fully saturated rings. The fourth-order valence-electron chi connectivity index (χ4n) is 2.01. The first kappa shape index (κ1) is 11.1. The molecular formula is C11H17N3O2. The van der Waals surface area contributed by atoms with Crippen molar-refractivity contribution < 1.29 is 9.90 Å². The van der Waals surface area contributed by atoms with Gasteiger partial charge in [0, 0.05) is 13.1 Å². The van der Waals surface area contributed by atoms with Crippen molar-refractivity contribution in [1.82, 2.24) is 14.5 Å². The van der Waals surface area contributed by atoms with Crippen molar-refractivity contribution in [3.63, 3.8) is 0 Å². The van der Waals surface area contributed by atoms with Crippen LogP contribution in [0.1, 0.15) is 25.0 Å². The average Bonchev–Trinajstić information content (AvgIpc) is 2.77. The lowest BCUT2D eigenvalue weighted by Crippen LogP contribution is -2.37. The second-order valence-electron chi connectivity index (χ2n) is 4.11. The van der Waals surface area contributed by atoms with Gasteiger partial charge < -0.3 is 14.6 Å². The molecule has 2 heterocycles. The highest BCUT2D eigenvalue weighted by Crippen LogP contribution is 2.10. The smallest absolute Gasteiger partial charge is 0.242 e. The lowest BCUT2D eigenvalue weighted by molar-refractivity contribution is -0.132. The summed E-state index contributed by atoms with van der Waals surface area (Å²) in [6.07, 6.45) is 6.60. The number of imidazole rings is 1. The number of nitrogens with zero attached hydrogens (tertiary/aromatic N) is 3. The molecule has 1 amide bonds. The predicted molar refractivity (Wildman–Crippen MR) is 58.6 cm³/mol. The Hall–Kier alpha value is -1.36. The second-order valence-corrected chi connectivity index (χ2v) is 4.11. The van der Waals surface area contributed by atoms with E-state index in [1.54, 1.807) is 17.1 Å². The van der Waals surface area contributed by atoms with Crippen LogP contribution in [0.2, 0.25) is 0 Å². The quantitative estimate of drug-likeness (QED) is 0.806. The Labute approximate surface area is 94.7 Å². The van der Waals surface area contributed by atoms with Crippen molar-refractivity contribution >= 4 is 5.91 Å². The lowest BCUT2D eigenvalue weighted by Gasteiger charge is -2.27. The second kappa shape index (κ2) is 5.12. The molecule has 1 saturated heterocycles. The van der Waals surface area contributed by atoms with Crippen molar-refractivity contribution in [3.8, 4) is 0 Å². The number of carbonyl (C=O) groups excluding carboxylic acids is 1. The molecule has 0 unspecified atom stereocenters. The summed E-state index contributed by atoms with van der Waals surface area (Å²) in [7, 11) is 0. The summed E-state index contributed by atoms with van der Waals surface area (Å²) in [6.45, 7) is 1.94. The number of piperidine rings is 1. The van der Waals surface area contributed by atoms with E-state index in [1.165, 1.54) is 6.42 Å². The number of aliphatic hydroxyl groups excluding tert-OH is 1. The van der Waals surface area contributed by atoms with Gasteiger partial charge in [0.15, 0.2) is 0 Å². The van der Waals surface area contributed by atoms with Crippen LogP contribution in [0.25, 0.3) is 0 Å². The Balaban J connectivity index is 1.95. The van der Waals surface area contributed by atoms with E-state index in [2.05, 4.69) is 4.98 Å². The largest absolute Gasteiger partial charge is 0.390 e. The predicted octanol–water partition coefficient (Wildman–Crippen LogP) is 0.388. The first-order valence-electron chi connectivity index (χ1n) is 5.69. The number of aromatic nitrogens is 2. The molecule has 0 saturated carbocycles. The molecule has 0 aromatic carbocycles. The number of carbonyl (C=O) groups is 1. The number of hydrogen-bond donors (Lipinski definition) is 1. The molecule has 5 nitrogen and oxygen atoms in total. The van der Waals surface area contributed by atoms with Gasteiger partial charge in [-0.25, -0.2) is 4.98 Å². The molecule has 16 heavy (non-hydrogen) atoms. The molecule has 88 valence electrons. The van der Waals surface area contributed by atoms with Crippen molar-refractivity contribution in [2.75, 3.05) is 13.1 Å². The van der Waals surface area contributed by atoms with E-state index < -0.39 is 0 Å². The van der Waals surface area contributed by atoms with Crippen LogP contribution in [0.4, 0.5) is 0 Å². The van der Waals surface area contributed by atoms with Crippen LogP contribution in [0, 0.1) is 0 Å². The maximum atomic E-state index is 11.9.